The second-order valence-corrected chi connectivity index (χ2v) is 9.87. The molecular weight excluding hydrogens is 502 g/mol. The summed E-state index contributed by atoms with van der Waals surface area (Å²) in [5.41, 5.74) is 2.88. The summed E-state index contributed by atoms with van der Waals surface area (Å²) in [4.78, 5) is 17.7. The van der Waals surface area contributed by atoms with Gasteiger partial charge in [0.2, 0.25) is 5.82 Å². The topological polar surface area (TPSA) is 79.5 Å². The second-order valence-electron chi connectivity index (χ2n) is 9.87. The van der Waals surface area contributed by atoms with Crippen LogP contribution in [0.3, 0.4) is 0 Å². The molecule has 10 heteroatoms. The Morgan fingerprint density at radius 3 is 2.47 bits per heavy atom. The molecule has 1 aromatic heterocycles. The fourth-order valence-corrected chi connectivity index (χ4v) is 5.24. The van der Waals surface area contributed by atoms with E-state index in [1.807, 2.05) is 18.2 Å². The lowest BCUT2D eigenvalue weighted by atomic mass is 9.79. The number of halogens is 4. The number of aliphatic carboxylic acids is 1. The van der Waals surface area contributed by atoms with Crippen LogP contribution in [0.15, 0.2) is 47.0 Å². The number of carbonyl (C=O) groups is 1. The molecule has 0 bridgehead atoms. The van der Waals surface area contributed by atoms with Gasteiger partial charge < -0.3 is 9.63 Å². The molecule has 1 saturated carbocycles. The minimum Gasteiger partial charge on any atom is -0.481 e. The van der Waals surface area contributed by atoms with Gasteiger partial charge in [0.25, 0.3) is 5.89 Å². The molecule has 1 N–H and O–H groups in total. The molecule has 0 unspecified atom stereocenters. The maximum atomic E-state index is 15.1. The zero-order chi connectivity index (χ0) is 26.7. The molecule has 2 aliphatic rings. The highest BCUT2D eigenvalue weighted by molar-refractivity contribution is 5.73. The van der Waals surface area contributed by atoms with Gasteiger partial charge in [0.15, 0.2) is 11.6 Å². The van der Waals surface area contributed by atoms with E-state index in [1.165, 1.54) is 6.07 Å². The molecule has 2 heterocycles. The van der Waals surface area contributed by atoms with E-state index >= 15 is 4.39 Å². The molecule has 0 radical (unpaired) electrons. The van der Waals surface area contributed by atoms with Gasteiger partial charge >= 0.3 is 5.97 Å². The summed E-state index contributed by atoms with van der Waals surface area (Å²) in [6, 6.07) is 9.62. The molecule has 0 spiro atoms. The maximum absolute atomic E-state index is 15.1. The summed E-state index contributed by atoms with van der Waals surface area (Å²) >= 11 is 0. The first kappa shape index (κ1) is 24.3. The molecule has 4 aromatic rings. The summed E-state index contributed by atoms with van der Waals surface area (Å²) < 4.78 is 62.1. The van der Waals surface area contributed by atoms with Crippen LogP contribution >= 0.6 is 0 Å². The van der Waals surface area contributed by atoms with Gasteiger partial charge in [-0.05, 0) is 66.3 Å². The fourth-order valence-electron chi connectivity index (χ4n) is 5.24. The van der Waals surface area contributed by atoms with E-state index in [4.69, 9.17) is 9.63 Å². The number of fused-ring (bicyclic) bond motifs is 1. The summed E-state index contributed by atoms with van der Waals surface area (Å²) in [5, 5.41) is 13.1. The molecule has 6 nitrogen and oxygen atoms in total. The largest absolute Gasteiger partial charge is 0.481 e. The average Bonchev–Trinajstić information content (AvgIpc) is 3.48. The van der Waals surface area contributed by atoms with E-state index in [9.17, 15) is 18.0 Å². The standard InChI is InChI=1S/C28H21F4N3O3/c1-13-4-22(23(30)10-20(13)21-8-18(29)9-24(31)25(21)32)27-33-26(34-38-27)14-2-3-15-11-35(12-17(15)5-14)19-6-16(7-19)28(36)37/h2-5,8-10,16,19H,6-7,11-12H2,1H3,(H,36,37)/t16-,19-. The van der Waals surface area contributed by atoms with Crippen LogP contribution in [0, 0.1) is 36.1 Å². The quantitative estimate of drug-likeness (QED) is 0.251. The van der Waals surface area contributed by atoms with Crippen LogP contribution in [0.4, 0.5) is 17.6 Å². The van der Waals surface area contributed by atoms with Crippen LogP contribution in [-0.4, -0.2) is 32.2 Å². The summed E-state index contributed by atoms with van der Waals surface area (Å²) in [7, 11) is 0. The number of benzene rings is 3. The SMILES string of the molecule is Cc1cc(-c2nc(-c3ccc4c(c3)CN([C@H]3C[C@H](C(=O)O)C3)C4)no2)c(F)cc1-c1cc(F)cc(F)c1F. The number of hydrogen-bond acceptors (Lipinski definition) is 5. The van der Waals surface area contributed by atoms with Crippen molar-refractivity contribution in [3.63, 3.8) is 0 Å². The third kappa shape index (κ3) is 4.14. The van der Waals surface area contributed by atoms with E-state index in [0.717, 1.165) is 29.8 Å². The number of hydrogen-bond donors (Lipinski definition) is 1. The van der Waals surface area contributed by atoms with Gasteiger partial charge in [0, 0.05) is 36.3 Å². The first-order chi connectivity index (χ1) is 18.2. The van der Waals surface area contributed by atoms with Crippen molar-refractivity contribution in [2.75, 3.05) is 0 Å². The number of rotatable bonds is 5. The molecule has 38 heavy (non-hydrogen) atoms. The van der Waals surface area contributed by atoms with Crippen LogP contribution in [0.1, 0.15) is 29.5 Å². The summed E-state index contributed by atoms with van der Waals surface area (Å²) in [6.07, 6.45) is 1.30. The maximum Gasteiger partial charge on any atom is 0.306 e. The van der Waals surface area contributed by atoms with E-state index in [-0.39, 0.29) is 40.4 Å². The number of aryl methyl sites for hydroxylation is 1. The normalized spacial score (nSPS) is 18.9. The van der Waals surface area contributed by atoms with Crippen molar-refractivity contribution in [3.8, 4) is 34.0 Å². The number of carboxylic acid groups (broad SMARTS) is 1. The average molecular weight is 523 g/mol. The van der Waals surface area contributed by atoms with Gasteiger partial charge in [-0.3, -0.25) is 9.69 Å². The zero-order valence-corrected chi connectivity index (χ0v) is 20.1. The van der Waals surface area contributed by atoms with Crippen LogP contribution in [0.2, 0.25) is 0 Å². The molecule has 1 fully saturated rings. The van der Waals surface area contributed by atoms with Crippen molar-refractivity contribution < 1.29 is 32.0 Å². The second kappa shape index (κ2) is 9.05. The van der Waals surface area contributed by atoms with Crippen molar-refractivity contribution >= 4 is 5.97 Å². The molecule has 1 aliphatic heterocycles. The van der Waals surface area contributed by atoms with Crippen LogP contribution in [0.5, 0.6) is 0 Å². The van der Waals surface area contributed by atoms with Gasteiger partial charge in [-0.1, -0.05) is 17.3 Å². The molecular formula is C28H21F4N3O3. The Balaban J connectivity index is 1.24. The highest BCUT2D eigenvalue weighted by Crippen LogP contribution is 2.38. The predicted molar refractivity (Wildman–Crippen MR) is 129 cm³/mol. The third-order valence-electron chi connectivity index (χ3n) is 7.44. The summed E-state index contributed by atoms with van der Waals surface area (Å²) in [6.45, 7) is 3.00. The van der Waals surface area contributed by atoms with Crippen molar-refractivity contribution in [1.29, 1.82) is 0 Å². The van der Waals surface area contributed by atoms with Crippen molar-refractivity contribution in [3.05, 3.63) is 82.4 Å². The Kier molecular flexibility index (Phi) is 5.79. The van der Waals surface area contributed by atoms with Crippen molar-refractivity contribution in [2.24, 2.45) is 5.92 Å². The molecule has 3 aromatic carbocycles. The minimum atomic E-state index is -1.36. The van der Waals surface area contributed by atoms with E-state index < -0.39 is 29.2 Å². The summed E-state index contributed by atoms with van der Waals surface area (Å²) in [5.74, 6) is -5.26. The van der Waals surface area contributed by atoms with Crippen molar-refractivity contribution in [1.82, 2.24) is 15.0 Å². The fraction of sp³-hybridized carbons (Fsp3) is 0.250. The van der Waals surface area contributed by atoms with E-state index in [2.05, 4.69) is 15.0 Å². The lowest BCUT2D eigenvalue weighted by Crippen LogP contribution is -2.44. The first-order valence-electron chi connectivity index (χ1n) is 12.1. The number of nitrogens with zero attached hydrogens (tertiary/aromatic N) is 3. The zero-order valence-electron chi connectivity index (χ0n) is 20.1. The molecule has 1 aliphatic carbocycles. The van der Waals surface area contributed by atoms with E-state index in [0.29, 0.717) is 36.6 Å². The van der Waals surface area contributed by atoms with Gasteiger partial charge in [-0.25, -0.2) is 17.6 Å². The Morgan fingerprint density at radius 2 is 1.71 bits per heavy atom. The minimum absolute atomic E-state index is 0.00574. The lowest BCUT2D eigenvalue weighted by molar-refractivity contribution is -0.147. The van der Waals surface area contributed by atoms with E-state index in [1.54, 1.807) is 6.92 Å². The van der Waals surface area contributed by atoms with Crippen LogP contribution in [-0.2, 0) is 17.9 Å². The first-order valence-corrected chi connectivity index (χ1v) is 12.1. The highest BCUT2D eigenvalue weighted by Gasteiger charge is 2.39. The van der Waals surface area contributed by atoms with Gasteiger partial charge in [0.1, 0.15) is 11.6 Å². The highest BCUT2D eigenvalue weighted by atomic mass is 19.2. The lowest BCUT2D eigenvalue weighted by Gasteiger charge is -2.39. The van der Waals surface area contributed by atoms with Gasteiger partial charge in [-0.2, -0.15) is 4.98 Å². The molecule has 194 valence electrons. The molecule has 0 amide bonds. The molecule has 6 rings (SSSR count). The number of carboxylic acids is 1. The molecule has 0 atom stereocenters. The Hall–Kier alpha value is -4.05. The predicted octanol–water partition coefficient (Wildman–Crippen LogP) is 6.11. The smallest absolute Gasteiger partial charge is 0.306 e. The Bertz CT molecular complexity index is 1600. The van der Waals surface area contributed by atoms with Gasteiger partial charge in [-0.15, -0.1) is 0 Å². The van der Waals surface area contributed by atoms with Crippen LogP contribution < -0.4 is 0 Å². The third-order valence-corrected chi connectivity index (χ3v) is 7.44. The monoisotopic (exact) mass is 523 g/mol. The molecule has 0 saturated heterocycles. The Morgan fingerprint density at radius 1 is 0.947 bits per heavy atom. The number of aromatic nitrogens is 2. The Labute approximate surface area is 214 Å². The van der Waals surface area contributed by atoms with Gasteiger partial charge in [0.05, 0.1) is 11.5 Å². The van der Waals surface area contributed by atoms with Crippen LogP contribution in [0.25, 0.3) is 34.0 Å². The van der Waals surface area contributed by atoms with Crippen molar-refractivity contribution in [2.45, 2.75) is 38.9 Å².